The van der Waals surface area contributed by atoms with Gasteiger partial charge in [0.25, 0.3) is 0 Å². The first-order valence-corrected chi connectivity index (χ1v) is 20.8. The van der Waals surface area contributed by atoms with Crippen LogP contribution in [0.4, 0.5) is 17.1 Å². The fourth-order valence-corrected chi connectivity index (χ4v) is 9.37. The van der Waals surface area contributed by atoms with Crippen molar-refractivity contribution in [3.05, 3.63) is 231 Å². The monoisotopic (exact) mass is 778 g/mol. The lowest BCUT2D eigenvalue weighted by atomic mass is 9.97. The summed E-state index contributed by atoms with van der Waals surface area (Å²) in [6.07, 6.45) is 0. The van der Waals surface area contributed by atoms with Crippen molar-refractivity contribution >= 4 is 71.6 Å². The molecule has 3 nitrogen and oxygen atoms in total. The fourth-order valence-electron chi connectivity index (χ4n) is 9.37. The molecule has 2 heterocycles. The molecule has 2 aromatic heterocycles. The first kappa shape index (κ1) is 34.9. The molecule has 0 saturated carbocycles. The van der Waals surface area contributed by atoms with Gasteiger partial charge in [0.2, 0.25) is 0 Å². The predicted molar refractivity (Wildman–Crippen MR) is 257 cm³/mol. The van der Waals surface area contributed by atoms with Crippen LogP contribution < -0.4 is 4.90 Å². The second-order valence-electron chi connectivity index (χ2n) is 15.7. The van der Waals surface area contributed by atoms with Crippen molar-refractivity contribution in [2.24, 2.45) is 0 Å². The lowest BCUT2D eigenvalue weighted by molar-refractivity contribution is 0.670. The Hall–Kier alpha value is -8.14. The molecule has 0 unspecified atom stereocenters. The molecule has 0 N–H and O–H groups in total. The van der Waals surface area contributed by atoms with Gasteiger partial charge in [0, 0.05) is 49.7 Å². The van der Waals surface area contributed by atoms with Gasteiger partial charge in [-0.15, -0.1) is 0 Å². The Morgan fingerprint density at radius 1 is 0.328 bits per heavy atom. The Morgan fingerprint density at radius 3 is 1.61 bits per heavy atom. The molecule has 61 heavy (non-hydrogen) atoms. The zero-order valence-electron chi connectivity index (χ0n) is 33.2. The molecule has 0 bridgehead atoms. The maximum atomic E-state index is 6.87. The average molecular weight is 779 g/mol. The zero-order valence-corrected chi connectivity index (χ0v) is 33.2. The Morgan fingerprint density at radius 2 is 0.869 bits per heavy atom. The highest BCUT2D eigenvalue weighted by molar-refractivity contribution is 6.14. The maximum absolute atomic E-state index is 6.87. The van der Waals surface area contributed by atoms with Crippen LogP contribution in [-0.2, 0) is 0 Å². The Bertz CT molecular complexity index is 3520. The molecule has 12 aromatic rings. The molecule has 0 saturated heterocycles. The molecule has 0 aliphatic rings. The van der Waals surface area contributed by atoms with Crippen LogP contribution in [0.2, 0.25) is 0 Å². The molecule has 0 aliphatic heterocycles. The van der Waals surface area contributed by atoms with E-state index in [2.05, 4.69) is 240 Å². The predicted octanol–water partition coefficient (Wildman–Crippen LogP) is 16.3. The van der Waals surface area contributed by atoms with Gasteiger partial charge >= 0.3 is 0 Å². The molecule has 10 aromatic carbocycles. The SMILES string of the molecule is c1ccc(-c2ccc(N(c3ccc(-c4cccc5ccccc45)cc3)c3cc(-c4ccccc4-n4c5ccccc5c5ccccc54)c4oc5ccccc5c4c3)cc2)cc1. The van der Waals surface area contributed by atoms with Crippen molar-refractivity contribution in [3.63, 3.8) is 0 Å². The third-order valence-electron chi connectivity index (χ3n) is 12.2. The summed E-state index contributed by atoms with van der Waals surface area (Å²) < 4.78 is 9.28. The quantitative estimate of drug-likeness (QED) is 0.161. The average Bonchev–Trinajstić information content (AvgIpc) is 3.88. The number of hydrogen-bond donors (Lipinski definition) is 0. The largest absolute Gasteiger partial charge is 0.455 e. The lowest BCUT2D eigenvalue weighted by Crippen LogP contribution is -2.10. The van der Waals surface area contributed by atoms with E-state index in [1.807, 2.05) is 0 Å². The highest BCUT2D eigenvalue weighted by Crippen LogP contribution is 2.46. The summed E-state index contributed by atoms with van der Waals surface area (Å²) in [6, 6.07) is 82.9. The maximum Gasteiger partial charge on any atom is 0.143 e. The van der Waals surface area contributed by atoms with Crippen LogP contribution in [0.5, 0.6) is 0 Å². The summed E-state index contributed by atoms with van der Waals surface area (Å²) in [5.74, 6) is 0. The van der Waals surface area contributed by atoms with E-state index in [0.29, 0.717) is 0 Å². The van der Waals surface area contributed by atoms with Gasteiger partial charge < -0.3 is 13.9 Å². The standard InChI is InChI=1S/C58H38N2O/c1-2-15-39(16-3-1)40-29-33-43(34-30-40)59(44-35-31-42(32-36-44)47-24-14-18-41-17-4-5-19-46(41)47)45-37-52(58-53(38-45)51-23-9-13-28-57(51)61-58)50-22-8-12-27-56(50)60-54-25-10-6-20-48(54)49-21-7-11-26-55(49)60/h1-38H. The summed E-state index contributed by atoms with van der Waals surface area (Å²) in [6.45, 7) is 0. The van der Waals surface area contributed by atoms with Crippen LogP contribution >= 0.6 is 0 Å². The van der Waals surface area contributed by atoms with E-state index in [4.69, 9.17) is 4.42 Å². The first-order valence-electron chi connectivity index (χ1n) is 20.8. The molecule has 0 spiro atoms. The number of anilines is 3. The smallest absolute Gasteiger partial charge is 0.143 e. The van der Waals surface area contributed by atoms with Gasteiger partial charge in [-0.3, -0.25) is 0 Å². The van der Waals surface area contributed by atoms with Crippen LogP contribution in [0.25, 0.3) is 93.6 Å². The second-order valence-corrected chi connectivity index (χ2v) is 15.7. The number of aromatic nitrogens is 1. The molecule has 0 aliphatic carbocycles. The van der Waals surface area contributed by atoms with Crippen LogP contribution in [0.1, 0.15) is 0 Å². The van der Waals surface area contributed by atoms with Crippen molar-refractivity contribution in [3.8, 4) is 39.1 Å². The van der Waals surface area contributed by atoms with Crippen molar-refractivity contribution in [1.29, 1.82) is 0 Å². The minimum atomic E-state index is 0.864. The van der Waals surface area contributed by atoms with Gasteiger partial charge in [-0.1, -0.05) is 170 Å². The van der Waals surface area contributed by atoms with Gasteiger partial charge in [-0.2, -0.15) is 0 Å². The van der Waals surface area contributed by atoms with Crippen LogP contribution in [-0.4, -0.2) is 4.57 Å². The number of nitrogens with zero attached hydrogens (tertiary/aromatic N) is 2. The summed E-state index contributed by atoms with van der Waals surface area (Å²) >= 11 is 0. The number of para-hydroxylation sites is 4. The number of fused-ring (bicyclic) bond motifs is 7. The van der Waals surface area contributed by atoms with E-state index in [1.54, 1.807) is 0 Å². The number of rotatable bonds is 7. The molecule has 0 amide bonds. The van der Waals surface area contributed by atoms with Gasteiger partial charge in [0.1, 0.15) is 11.2 Å². The van der Waals surface area contributed by atoms with Crippen LogP contribution in [0, 0.1) is 0 Å². The van der Waals surface area contributed by atoms with Gasteiger partial charge in [-0.25, -0.2) is 0 Å². The van der Waals surface area contributed by atoms with Crippen molar-refractivity contribution in [1.82, 2.24) is 4.57 Å². The van der Waals surface area contributed by atoms with Crippen molar-refractivity contribution in [2.45, 2.75) is 0 Å². The van der Waals surface area contributed by atoms with E-state index in [1.165, 1.54) is 54.8 Å². The summed E-state index contributed by atoms with van der Waals surface area (Å²) in [4.78, 5) is 2.38. The Balaban J connectivity index is 1.10. The van der Waals surface area contributed by atoms with Crippen LogP contribution in [0.3, 0.4) is 0 Å². The topological polar surface area (TPSA) is 21.3 Å². The second kappa shape index (κ2) is 14.3. The highest BCUT2D eigenvalue weighted by Gasteiger charge is 2.23. The molecule has 286 valence electrons. The lowest BCUT2D eigenvalue weighted by Gasteiger charge is -2.27. The van der Waals surface area contributed by atoms with Crippen LogP contribution in [0.15, 0.2) is 235 Å². The van der Waals surface area contributed by atoms with E-state index in [9.17, 15) is 0 Å². The minimum Gasteiger partial charge on any atom is -0.455 e. The van der Waals surface area contributed by atoms with Gasteiger partial charge in [0.05, 0.1) is 16.7 Å². The third kappa shape index (κ3) is 5.82. The van der Waals surface area contributed by atoms with Gasteiger partial charge in [-0.05, 0) is 93.7 Å². The molecular formula is C58H38N2O. The number of furan rings is 1. The third-order valence-corrected chi connectivity index (χ3v) is 12.2. The fraction of sp³-hybridized carbons (Fsp3) is 0. The Labute approximate surface area is 353 Å². The summed E-state index contributed by atoms with van der Waals surface area (Å²) in [5.41, 5.74) is 15.2. The Kier molecular flexibility index (Phi) is 8.17. The highest BCUT2D eigenvalue weighted by atomic mass is 16.3. The van der Waals surface area contributed by atoms with E-state index >= 15 is 0 Å². The normalized spacial score (nSPS) is 11.6. The molecular weight excluding hydrogens is 741 g/mol. The number of benzene rings is 10. The molecule has 0 radical (unpaired) electrons. The molecule has 0 atom stereocenters. The van der Waals surface area contributed by atoms with E-state index < -0.39 is 0 Å². The summed E-state index contributed by atoms with van der Waals surface area (Å²) in [5, 5.41) is 7.09. The number of hydrogen-bond acceptors (Lipinski definition) is 2. The summed E-state index contributed by atoms with van der Waals surface area (Å²) in [7, 11) is 0. The minimum absolute atomic E-state index is 0.864. The van der Waals surface area contributed by atoms with Crippen molar-refractivity contribution in [2.75, 3.05) is 4.90 Å². The van der Waals surface area contributed by atoms with E-state index in [-0.39, 0.29) is 0 Å². The van der Waals surface area contributed by atoms with E-state index in [0.717, 1.165) is 55.8 Å². The molecule has 3 heteroatoms. The first-order chi connectivity index (χ1) is 30.3. The molecule has 12 rings (SSSR count). The molecule has 0 fully saturated rings. The van der Waals surface area contributed by atoms with Crippen molar-refractivity contribution < 1.29 is 4.42 Å². The van der Waals surface area contributed by atoms with Gasteiger partial charge in [0.15, 0.2) is 0 Å². The zero-order chi connectivity index (χ0) is 40.3.